The van der Waals surface area contributed by atoms with E-state index in [1.54, 1.807) is 20.3 Å². The molecule has 7 rings (SSSR count). The van der Waals surface area contributed by atoms with E-state index in [1.807, 2.05) is 36.4 Å². The van der Waals surface area contributed by atoms with Crippen LogP contribution in [0.5, 0.6) is 0 Å². The van der Waals surface area contributed by atoms with Gasteiger partial charge in [0.25, 0.3) is 5.56 Å². The first kappa shape index (κ1) is 27.1. The number of aliphatic hydroxyl groups is 1. The average Bonchev–Trinajstić information content (AvgIpc) is 3.78. The third-order valence-corrected chi connectivity index (χ3v) is 9.02. The molecule has 3 aromatic heterocycles. The van der Waals surface area contributed by atoms with E-state index in [0.29, 0.717) is 41.6 Å². The quantitative estimate of drug-likeness (QED) is 0.328. The lowest BCUT2D eigenvalue weighted by Gasteiger charge is -2.35. The van der Waals surface area contributed by atoms with Crippen molar-refractivity contribution in [3.63, 3.8) is 0 Å². The Balaban J connectivity index is 1.17. The molecular formula is C31H34N8O4. The maximum Gasteiger partial charge on any atom is 0.409 e. The highest BCUT2D eigenvalue weighted by atomic mass is 16.5. The largest absolute Gasteiger partial charge is 0.453 e. The van der Waals surface area contributed by atoms with Crippen molar-refractivity contribution in [2.24, 2.45) is 5.41 Å². The summed E-state index contributed by atoms with van der Waals surface area (Å²) in [5, 5.41) is 14.8. The highest BCUT2D eigenvalue weighted by molar-refractivity contribution is 5.77. The van der Waals surface area contributed by atoms with Crippen LogP contribution in [0.15, 0.2) is 60.0 Å². The van der Waals surface area contributed by atoms with Crippen LogP contribution in [0.4, 0.5) is 22.1 Å². The number of carbonyl (C=O) groups is 1. The molecule has 1 amide bonds. The number of aryl methyl sites for hydroxylation is 1. The number of nitrogens with one attached hydrogen (secondary N) is 1. The van der Waals surface area contributed by atoms with Gasteiger partial charge in [-0.1, -0.05) is 12.1 Å². The molecule has 12 nitrogen and oxygen atoms in total. The number of ether oxygens (including phenoxy) is 1. The summed E-state index contributed by atoms with van der Waals surface area (Å²) in [7, 11) is 1.40. The number of hydrogen-bond acceptors (Lipinski definition) is 9. The summed E-state index contributed by atoms with van der Waals surface area (Å²) in [6.45, 7) is 6.74. The van der Waals surface area contributed by atoms with Crippen LogP contribution in [0, 0.1) is 5.41 Å². The Morgan fingerprint density at radius 2 is 1.88 bits per heavy atom. The zero-order chi connectivity index (χ0) is 29.7. The molecule has 0 radical (unpaired) electrons. The zero-order valence-electron chi connectivity index (χ0n) is 24.1. The van der Waals surface area contributed by atoms with Crippen molar-refractivity contribution in [2.75, 3.05) is 43.5 Å². The Hall–Kier alpha value is -4.71. The summed E-state index contributed by atoms with van der Waals surface area (Å²) in [6.07, 6.45) is 6.19. The van der Waals surface area contributed by atoms with E-state index in [4.69, 9.17) is 14.7 Å². The average molecular weight is 583 g/mol. The van der Waals surface area contributed by atoms with Gasteiger partial charge in [-0.15, -0.1) is 6.58 Å². The van der Waals surface area contributed by atoms with Crippen molar-refractivity contribution in [3.8, 4) is 5.82 Å². The third-order valence-electron chi connectivity index (χ3n) is 9.02. The molecule has 1 aliphatic heterocycles. The molecule has 222 valence electrons. The SMILES string of the molecule is C=CCn1c(=O)c2cnc(Nc3ccc(N4CCN(C(=O)OC)CC4)cc3)nc2n1-c1ccc2c(n1)C(O)C1(CC2)CC1. The zero-order valence-corrected chi connectivity index (χ0v) is 24.1. The number of hydrogen-bond donors (Lipinski definition) is 2. The van der Waals surface area contributed by atoms with Gasteiger partial charge in [-0.2, -0.15) is 4.98 Å². The monoisotopic (exact) mass is 582 g/mol. The topological polar surface area (TPSA) is 131 Å². The van der Waals surface area contributed by atoms with Crippen LogP contribution >= 0.6 is 0 Å². The maximum atomic E-state index is 13.4. The molecule has 0 bridgehead atoms. The molecule has 1 atom stereocenters. The lowest BCUT2D eigenvalue weighted by molar-refractivity contribution is 0.0734. The fraction of sp³-hybridized carbons (Fsp3) is 0.387. The predicted molar refractivity (Wildman–Crippen MR) is 162 cm³/mol. The molecule has 2 N–H and O–H groups in total. The number of carbonyl (C=O) groups excluding carboxylic acids is 1. The number of aliphatic hydroxyl groups excluding tert-OH is 1. The number of piperazine rings is 1. The smallest absolute Gasteiger partial charge is 0.409 e. The number of anilines is 3. The fourth-order valence-electron chi connectivity index (χ4n) is 6.32. The minimum absolute atomic E-state index is 0.0512. The number of nitrogens with zero attached hydrogens (tertiary/aromatic N) is 7. The van der Waals surface area contributed by atoms with E-state index in [9.17, 15) is 14.7 Å². The number of amides is 1. The van der Waals surface area contributed by atoms with Crippen LogP contribution in [-0.4, -0.2) is 73.7 Å². The van der Waals surface area contributed by atoms with Crippen LogP contribution in [0.1, 0.15) is 36.6 Å². The molecule has 4 aromatic rings. The van der Waals surface area contributed by atoms with Crippen LogP contribution in [0.3, 0.4) is 0 Å². The fourth-order valence-corrected chi connectivity index (χ4v) is 6.32. The molecule has 12 heteroatoms. The van der Waals surface area contributed by atoms with Crippen LogP contribution in [0.25, 0.3) is 16.9 Å². The number of fused-ring (bicyclic) bond motifs is 2. The first-order valence-electron chi connectivity index (χ1n) is 14.6. The van der Waals surface area contributed by atoms with E-state index >= 15 is 0 Å². The van der Waals surface area contributed by atoms with E-state index in [-0.39, 0.29) is 23.6 Å². The van der Waals surface area contributed by atoms with Gasteiger partial charge >= 0.3 is 6.09 Å². The summed E-state index contributed by atoms with van der Waals surface area (Å²) in [4.78, 5) is 43.2. The standard InChI is InChI=1S/C31H34N8O4/c1-3-14-38-28(41)23-19-32-29(33-21-5-7-22(8-6-21)36-15-17-37(18-16-36)30(42)43-2)35-27(23)39(38)24-9-4-20-10-11-31(12-13-31)26(40)25(20)34-24/h3-9,19,26,40H,1,10-18H2,2H3,(H,32,33,35). The highest BCUT2D eigenvalue weighted by Crippen LogP contribution is 2.60. The minimum atomic E-state index is -0.607. The Labute approximate surface area is 248 Å². The van der Waals surface area contributed by atoms with E-state index in [0.717, 1.165) is 55.7 Å². The Morgan fingerprint density at radius 3 is 2.58 bits per heavy atom. The summed E-state index contributed by atoms with van der Waals surface area (Å²) in [5.41, 5.74) is 3.72. The van der Waals surface area contributed by atoms with E-state index in [1.165, 1.54) is 13.3 Å². The second-order valence-electron chi connectivity index (χ2n) is 11.5. The second kappa shape index (κ2) is 10.5. The second-order valence-corrected chi connectivity index (χ2v) is 11.5. The molecule has 3 aliphatic rings. The van der Waals surface area contributed by atoms with Crippen molar-refractivity contribution < 1.29 is 14.6 Å². The summed E-state index contributed by atoms with van der Waals surface area (Å²) < 4.78 is 8.07. The van der Waals surface area contributed by atoms with Gasteiger partial charge in [-0.25, -0.2) is 24.1 Å². The molecule has 1 aromatic carbocycles. The van der Waals surface area contributed by atoms with E-state index in [2.05, 4.69) is 21.8 Å². The lowest BCUT2D eigenvalue weighted by atomic mass is 9.82. The van der Waals surface area contributed by atoms with Gasteiger partial charge in [0.15, 0.2) is 11.5 Å². The Morgan fingerprint density at radius 1 is 1.12 bits per heavy atom. The number of allylic oxidation sites excluding steroid dienone is 1. The molecule has 1 spiro atoms. The summed E-state index contributed by atoms with van der Waals surface area (Å²) >= 11 is 0. The molecular weight excluding hydrogens is 548 g/mol. The van der Waals surface area contributed by atoms with Crippen LogP contribution < -0.4 is 15.8 Å². The third kappa shape index (κ3) is 4.71. The molecule has 2 fully saturated rings. The molecule has 43 heavy (non-hydrogen) atoms. The molecule has 1 unspecified atom stereocenters. The van der Waals surface area contributed by atoms with Gasteiger partial charge in [-0.05, 0) is 61.6 Å². The van der Waals surface area contributed by atoms with Crippen molar-refractivity contribution in [3.05, 3.63) is 76.9 Å². The number of aromatic nitrogens is 5. The normalized spacial score (nSPS) is 18.9. The van der Waals surface area contributed by atoms with E-state index < -0.39 is 6.10 Å². The van der Waals surface area contributed by atoms with Crippen molar-refractivity contribution in [2.45, 2.75) is 38.3 Å². The molecule has 4 heterocycles. The van der Waals surface area contributed by atoms with Gasteiger partial charge in [0.2, 0.25) is 5.95 Å². The molecule has 2 aliphatic carbocycles. The first-order valence-corrected chi connectivity index (χ1v) is 14.6. The van der Waals surface area contributed by atoms with Crippen molar-refractivity contribution in [1.29, 1.82) is 0 Å². The maximum absolute atomic E-state index is 13.4. The first-order chi connectivity index (χ1) is 20.9. The van der Waals surface area contributed by atoms with Gasteiger partial charge < -0.3 is 25.0 Å². The lowest BCUT2D eigenvalue weighted by Crippen LogP contribution is -2.48. The van der Waals surface area contributed by atoms with Gasteiger partial charge in [0, 0.05) is 49.2 Å². The summed E-state index contributed by atoms with van der Waals surface area (Å²) in [5.74, 6) is 0.858. The Kier molecular flexibility index (Phi) is 6.65. The number of benzene rings is 1. The number of methoxy groups -OCH3 is 1. The van der Waals surface area contributed by atoms with Gasteiger partial charge in [0.05, 0.1) is 19.3 Å². The molecule has 1 saturated carbocycles. The molecule has 1 saturated heterocycles. The number of rotatable bonds is 6. The van der Waals surface area contributed by atoms with Crippen molar-refractivity contribution >= 4 is 34.4 Å². The predicted octanol–water partition coefficient (Wildman–Crippen LogP) is 3.56. The minimum Gasteiger partial charge on any atom is -0.453 e. The van der Waals surface area contributed by atoms with Gasteiger partial charge in [-0.3, -0.25) is 4.79 Å². The van der Waals surface area contributed by atoms with Crippen LogP contribution in [0.2, 0.25) is 0 Å². The van der Waals surface area contributed by atoms with Gasteiger partial charge in [0.1, 0.15) is 11.5 Å². The van der Waals surface area contributed by atoms with Crippen LogP contribution in [-0.2, 0) is 17.7 Å². The highest BCUT2D eigenvalue weighted by Gasteiger charge is 2.52. The number of pyridine rings is 1. The van der Waals surface area contributed by atoms with Crippen molar-refractivity contribution in [1.82, 2.24) is 29.2 Å². The Bertz CT molecular complexity index is 1770. The summed E-state index contributed by atoms with van der Waals surface area (Å²) in [6, 6.07) is 11.8.